The Morgan fingerprint density at radius 3 is 2.60 bits per heavy atom. The van der Waals surface area contributed by atoms with Crippen LogP contribution in [-0.4, -0.2) is 62.5 Å². The Kier molecular flexibility index (Phi) is 8.37. The number of aromatic nitrogens is 2. The summed E-state index contributed by atoms with van der Waals surface area (Å²) in [6.45, 7) is 2.78. The van der Waals surface area contributed by atoms with Gasteiger partial charge in [0.15, 0.2) is 0 Å². The van der Waals surface area contributed by atoms with Gasteiger partial charge < -0.3 is 19.9 Å². The van der Waals surface area contributed by atoms with Crippen LogP contribution in [0.25, 0.3) is 0 Å². The van der Waals surface area contributed by atoms with Gasteiger partial charge in [-0.3, -0.25) is 19.1 Å². The molecule has 0 fully saturated rings. The molecule has 224 valence electrons. The van der Waals surface area contributed by atoms with Crippen molar-refractivity contribution < 1.29 is 27.9 Å². The SMILES string of the molecule is CC(=O)NC[C@H]1Cn2nc3c(c2C(=O)N1[C@H](C)c1ccc(OC(F)F)cc1)CN(C(=O)c1ccc(Cl)c(C#N)c1)[C@H](C)C3. The second-order valence-electron chi connectivity index (χ2n) is 10.7. The smallest absolute Gasteiger partial charge is 0.387 e. The molecule has 5 rings (SSSR count). The number of hydrogen-bond donors (Lipinski definition) is 1. The summed E-state index contributed by atoms with van der Waals surface area (Å²) < 4.78 is 31.4. The molecule has 0 radical (unpaired) electrons. The lowest BCUT2D eigenvalue weighted by atomic mass is 9.96. The molecule has 3 amide bonds. The van der Waals surface area contributed by atoms with E-state index in [-0.39, 0.29) is 53.2 Å². The first-order chi connectivity index (χ1) is 20.5. The van der Waals surface area contributed by atoms with Crippen LogP contribution in [0.5, 0.6) is 5.75 Å². The van der Waals surface area contributed by atoms with Gasteiger partial charge >= 0.3 is 6.61 Å². The Hall–Kier alpha value is -4.50. The standard InChI is InChI=1S/C30H29ClF2N6O4/c1-16-10-26-24(15-37(16)28(41)20-6-9-25(31)21(11-20)12-34)27-29(42)39(22(13-35-18(3)40)14-38(27)36-26)17(2)19-4-7-23(8-5-19)43-30(32)33/h4-9,11,16-17,22,30H,10,13-15H2,1-3H3,(H,35,40)/t16-,17-,22+/m1/s1. The zero-order valence-electron chi connectivity index (χ0n) is 23.7. The largest absolute Gasteiger partial charge is 0.435 e. The fourth-order valence-corrected chi connectivity index (χ4v) is 5.89. The third kappa shape index (κ3) is 5.90. The summed E-state index contributed by atoms with van der Waals surface area (Å²) in [7, 11) is 0. The third-order valence-electron chi connectivity index (χ3n) is 7.88. The van der Waals surface area contributed by atoms with Gasteiger partial charge in [-0.2, -0.15) is 19.1 Å². The molecular weight excluding hydrogens is 582 g/mol. The molecule has 0 aliphatic carbocycles. The number of amides is 3. The number of rotatable bonds is 7. The summed E-state index contributed by atoms with van der Waals surface area (Å²) in [6.07, 6.45) is 0.421. The summed E-state index contributed by atoms with van der Waals surface area (Å²) in [5.41, 5.74) is 2.91. The van der Waals surface area contributed by atoms with Crippen LogP contribution in [-0.2, 0) is 24.3 Å². The summed E-state index contributed by atoms with van der Waals surface area (Å²) in [5.74, 6) is -0.867. The summed E-state index contributed by atoms with van der Waals surface area (Å²) >= 11 is 6.07. The Bertz CT molecular complexity index is 1620. The lowest BCUT2D eigenvalue weighted by Gasteiger charge is -2.41. The zero-order chi connectivity index (χ0) is 31.0. The van der Waals surface area contributed by atoms with E-state index in [1.165, 1.54) is 31.2 Å². The van der Waals surface area contributed by atoms with E-state index in [1.807, 2.05) is 19.9 Å². The maximum Gasteiger partial charge on any atom is 0.387 e. The molecule has 1 N–H and O–H groups in total. The van der Waals surface area contributed by atoms with E-state index in [9.17, 15) is 28.4 Å². The topological polar surface area (TPSA) is 121 Å². The molecule has 10 nitrogen and oxygen atoms in total. The van der Waals surface area contributed by atoms with Crippen LogP contribution >= 0.6 is 11.6 Å². The molecule has 0 unspecified atom stereocenters. The quantitative estimate of drug-likeness (QED) is 0.425. The van der Waals surface area contributed by atoms with Crippen LogP contribution in [0.1, 0.15) is 70.0 Å². The summed E-state index contributed by atoms with van der Waals surface area (Å²) in [6, 6.07) is 11.4. The van der Waals surface area contributed by atoms with Gasteiger partial charge in [0.2, 0.25) is 5.91 Å². The van der Waals surface area contributed by atoms with E-state index in [2.05, 4.69) is 10.1 Å². The molecular formula is C30H29ClF2N6O4. The van der Waals surface area contributed by atoms with Crippen LogP contribution in [0.3, 0.4) is 0 Å². The molecule has 3 aromatic rings. The van der Waals surface area contributed by atoms with Crippen molar-refractivity contribution in [2.75, 3.05) is 6.54 Å². The van der Waals surface area contributed by atoms with Crippen LogP contribution in [0.15, 0.2) is 42.5 Å². The van der Waals surface area contributed by atoms with Crippen molar-refractivity contribution in [2.24, 2.45) is 0 Å². The van der Waals surface area contributed by atoms with E-state index >= 15 is 0 Å². The lowest BCUT2D eigenvalue weighted by Crippen LogP contribution is -2.54. The number of benzene rings is 2. The minimum atomic E-state index is -2.96. The first-order valence-electron chi connectivity index (χ1n) is 13.7. The van der Waals surface area contributed by atoms with Gasteiger partial charge in [-0.25, -0.2) is 0 Å². The van der Waals surface area contributed by atoms with Gasteiger partial charge in [-0.15, -0.1) is 0 Å². The highest BCUT2D eigenvalue weighted by Crippen LogP contribution is 2.35. The molecule has 1 aromatic heterocycles. The summed E-state index contributed by atoms with van der Waals surface area (Å²) in [4.78, 5) is 42.9. The normalized spacial score (nSPS) is 18.5. The fraction of sp³-hybridized carbons (Fsp3) is 0.367. The van der Waals surface area contributed by atoms with E-state index in [0.717, 1.165) is 5.69 Å². The van der Waals surface area contributed by atoms with Crippen LogP contribution in [0, 0.1) is 11.3 Å². The molecule has 0 saturated carbocycles. The highest BCUT2D eigenvalue weighted by molar-refractivity contribution is 6.31. The van der Waals surface area contributed by atoms with Crippen molar-refractivity contribution in [3.05, 3.63) is 81.1 Å². The van der Waals surface area contributed by atoms with E-state index in [0.29, 0.717) is 35.3 Å². The maximum atomic E-state index is 14.3. The molecule has 3 heterocycles. The van der Waals surface area contributed by atoms with E-state index < -0.39 is 18.7 Å². The number of carbonyl (C=O) groups is 3. The number of fused-ring (bicyclic) bond motifs is 3. The fourth-order valence-electron chi connectivity index (χ4n) is 5.73. The number of nitrogens with one attached hydrogen (secondary N) is 1. The number of nitriles is 1. The van der Waals surface area contributed by atoms with Crippen LogP contribution < -0.4 is 10.1 Å². The number of hydrogen-bond acceptors (Lipinski definition) is 6. The average Bonchev–Trinajstić information content (AvgIpc) is 3.32. The average molecular weight is 611 g/mol. The molecule has 2 aromatic carbocycles. The van der Waals surface area contributed by atoms with Gasteiger partial charge in [0, 0.05) is 37.1 Å². The Morgan fingerprint density at radius 1 is 1.23 bits per heavy atom. The first-order valence-corrected chi connectivity index (χ1v) is 14.1. The van der Waals surface area contributed by atoms with Gasteiger partial charge in [-0.1, -0.05) is 23.7 Å². The molecule has 0 bridgehead atoms. The molecule has 0 saturated heterocycles. The van der Waals surface area contributed by atoms with Crippen LogP contribution in [0.2, 0.25) is 5.02 Å². The van der Waals surface area contributed by atoms with Crippen molar-refractivity contribution >= 4 is 29.3 Å². The number of nitrogens with zero attached hydrogens (tertiary/aromatic N) is 5. The predicted molar refractivity (Wildman–Crippen MR) is 152 cm³/mol. The highest BCUT2D eigenvalue weighted by Gasteiger charge is 2.42. The first kappa shape index (κ1) is 30.0. The van der Waals surface area contributed by atoms with Crippen molar-refractivity contribution in [2.45, 2.75) is 65.0 Å². The van der Waals surface area contributed by atoms with Gasteiger partial charge in [0.25, 0.3) is 11.8 Å². The van der Waals surface area contributed by atoms with E-state index in [1.54, 1.807) is 32.7 Å². The zero-order valence-corrected chi connectivity index (χ0v) is 24.4. The van der Waals surface area contributed by atoms with E-state index in [4.69, 9.17) is 16.7 Å². The van der Waals surface area contributed by atoms with Crippen molar-refractivity contribution in [1.82, 2.24) is 24.9 Å². The van der Waals surface area contributed by atoms with Crippen molar-refractivity contribution in [3.63, 3.8) is 0 Å². The monoisotopic (exact) mass is 610 g/mol. The third-order valence-corrected chi connectivity index (χ3v) is 8.21. The van der Waals surface area contributed by atoms with Crippen molar-refractivity contribution in [1.29, 1.82) is 5.26 Å². The Morgan fingerprint density at radius 2 is 1.95 bits per heavy atom. The number of ether oxygens (including phenoxy) is 1. The second-order valence-corrected chi connectivity index (χ2v) is 11.1. The van der Waals surface area contributed by atoms with Gasteiger partial charge in [0.05, 0.1) is 41.5 Å². The molecule has 0 spiro atoms. The summed E-state index contributed by atoms with van der Waals surface area (Å²) in [5, 5.41) is 17.2. The van der Waals surface area contributed by atoms with Gasteiger partial charge in [-0.05, 0) is 49.7 Å². The maximum absolute atomic E-state index is 14.3. The molecule has 3 atom stereocenters. The van der Waals surface area contributed by atoms with Gasteiger partial charge in [0.1, 0.15) is 17.5 Å². The van der Waals surface area contributed by atoms with Crippen LogP contribution in [0.4, 0.5) is 8.78 Å². The minimum Gasteiger partial charge on any atom is -0.435 e. The highest BCUT2D eigenvalue weighted by atomic mass is 35.5. The molecule has 2 aliphatic heterocycles. The molecule has 43 heavy (non-hydrogen) atoms. The Labute approximate surface area is 251 Å². The number of halogens is 3. The van der Waals surface area contributed by atoms with Crippen molar-refractivity contribution in [3.8, 4) is 11.8 Å². The predicted octanol–water partition coefficient (Wildman–Crippen LogP) is 4.32. The lowest BCUT2D eigenvalue weighted by molar-refractivity contribution is -0.119. The molecule has 2 aliphatic rings. The number of carbonyl (C=O) groups excluding carboxylic acids is 3. The Balaban J connectivity index is 1.48. The number of alkyl halides is 2. The second kappa shape index (κ2) is 12.0. The molecule has 13 heteroatoms. The minimum absolute atomic E-state index is 0.000630.